The maximum atomic E-state index is 13.0. The number of nitrogens with zero attached hydrogens (tertiary/aromatic N) is 3. The summed E-state index contributed by atoms with van der Waals surface area (Å²) < 4.78 is 18.7. The van der Waals surface area contributed by atoms with E-state index in [1.54, 1.807) is 56.0 Å². The van der Waals surface area contributed by atoms with Gasteiger partial charge in [0.25, 0.3) is 0 Å². The molecule has 178 valence electrons. The number of anilines is 1. The van der Waals surface area contributed by atoms with Gasteiger partial charge in [-0.15, -0.1) is 0 Å². The first-order valence-corrected chi connectivity index (χ1v) is 11.4. The molecule has 4 rings (SSSR count). The van der Waals surface area contributed by atoms with E-state index in [1.165, 1.54) is 6.33 Å². The van der Waals surface area contributed by atoms with Crippen molar-refractivity contribution in [3.05, 3.63) is 75.2 Å². The Balaban J connectivity index is 1.69. The van der Waals surface area contributed by atoms with Gasteiger partial charge < -0.3 is 19.5 Å². The molecule has 3 aromatic rings. The largest absolute Gasteiger partial charge is 0.493 e. The number of fused-ring (bicyclic) bond motifs is 1. The molecule has 0 aliphatic carbocycles. The van der Waals surface area contributed by atoms with Gasteiger partial charge in [-0.2, -0.15) is 10.1 Å². The Kier molecular flexibility index (Phi) is 7.00. The third kappa shape index (κ3) is 4.69. The number of halogens is 2. The van der Waals surface area contributed by atoms with Crippen LogP contribution in [0.4, 0.5) is 5.95 Å². The van der Waals surface area contributed by atoms with Gasteiger partial charge in [-0.25, -0.2) is 9.48 Å². The van der Waals surface area contributed by atoms with E-state index >= 15 is 0 Å². The zero-order valence-electron chi connectivity index (χ0n) is 19.1. The molecule has 0 amide bonds. The minimum Gasteiger partial charge on any atom is -0.493 e. The molecule has 8 nitrogen and oxygen atoms in total. The number of aromatic nitrogens is 3. The molecule has 0 fully saturated rings. The molecule has 0 bridgehead atoms. The molecule has 0 saturated heterocycles. The van der Waals surface area contributed by atoms with Crippen LogP contribution in [0.2, 0.25) is 10.0 Å². The van der Waals surface area contributed by atoms with Gasteiger partial charge in [0, 0.05) is 21.3 Å². The summed E-state index contributed by atoms with van der Waals surface area (Å²) in [6.45, 7) is 5.59. The normalized spacial score (nSPS) is 15.1. The third-order valence-corrected chi connectivity index (χ3v) is 6.00. The van der Waals surface area contributed by atoms with Crippen LogP contribution in [0.15, 0.2) is 54.0 Å². The van der Waals surface area contributed by atoms with Crippen molar-refractivity contribution in [2.75, 3.05) is 12.4 Å². The van der Waals surface area contributed by atoms with Crippen LogP contribution in [-0.2, 0) is 16.1 Å². The van der Waals surface area contributed by atoms with Crippen molar-refractivity contribution in [2.24, 2.45) is 0 Å². The average Bonchev–Trinajstić information content (AvgIpc) is 3.25. The van der Waals surface area contributed by atoms with E-state index < -0.39 is 12.0 Å². The van der Waals surface area contributed by atoms with Crippen molar-refractivity contribution < 1.29 is 19.0 Å². The summed E-state index contributed by atoms with van der Waals surface area (Å²) in [5.41, 5.74) is 2.51. The fourth-order valence-electron chi connectivity index (χ4n) is 3.73. The first-order valence-electron chi connectivity index (χ1n) is 10.6. The van der Waals surface area contributed by atoms with Crippen molar-refractivity contribution in [1.29, 1.82) is 0 Å². The standard InChI is InChI=1S/C24H24Cl2N4O4/c1-13(2)34-23(31)21-14(3)29-24-27-12-28-30(24)22(21)15-8-9-19(20(10-15)32-4)33-11-16-17(25)6-5-7-18(16)26/h5-10,12-13,22H,11H2,1-4H3,(H,27,28,29). The van der Waals surface area contributed by atoms with E-state index in [2.05, 4.69) is 15.4 Å². The second-order valence-electron chi connectivity index (χ2n) is 7.95. The molecule has 34 heavy (non-hydrogen) atoms. The molecular weight excluding hydrogens is 479 g/mol. The first kappa shape index (κ1) is 23.9. The van der Waals surface area contributed by atoms with Crippen LogP contribution in [0.25, 0.3) is 0 Å². The zero-order valence-corrected chi connectivity index (χ0v) is 20.6. The summed E-state index contributed by atoms with van der Waals surface area (Å²) in [6.07, 6.45) is 1.16. The molecule has 0 radical (unpaired) electrons. The van der Waals surface area contributed by atoms with E-state index in [9.17, 15) is 4.79 Å². The molecule has 1 aliphatic rings. The lowest BCUT2D eigenvalue weighted by atomic mass is 9.95. The summed E-state index contributed by atoms with van der Waals surface area (Å²) >= 11 is 12.5. The molecule has 1 unspecified atom stereocenters. The minimum absolute atomic E-state index is 0.166. The smallest absolute Gasteiger partial charge is 0.338 e. The maximum Gasteiger partial charge on any atom is 0.338 e. The van der Waals surface area contributed by atoms with Crippen LogP contribution in [0.1, 0.15) is 37.9 Å². The van der Waals surface area contributed by atoms with Crippen molar-refractivity contribution >= 4 is 35.1 Å². The summed E-state index contributed by atoms with van der Waals surface area (Å²) in [6, 6.07) is 10.2. The lowest BCUT2D eigenvalue weighted by Crippen LogP contribution is -2.30. The van der Waals surface area contributed by atoms with Gasteiger partial charge in [0.2, 0.25) is 5.95 Å². The highest BCUT2D eigenvalue weighted by atomic mass is 35.5. The van der Waals surface area contributed by atoms with Gasteiger partial charge in [-0.3, -0.25) is 0 Å². The summed E-state index contributed by atoms with van der Waals surface area (Å²) in [7, 11) is 1.55. The van der Waals surface area contributed by atoms with Gasteiger partial charge in [0.05, 0.1) is 18.8 Å². The fourth-order valence-corrected chi connectivity index (χ4v) is 4.24. The molecular formula is C24H24Cl2N4O4. The monoisotopic (exact) mass is 502 g/mol. The van der Waals surface area contributed by atoms with Gasteiger partial charge in [-0.1, -0.05) is 35.3 Å². The molecule has 0 saturated carbocycles. The van der Waals surface area contributed by atoms with Crippen LogP contribution < -0.4 is 14.8 Å². The highest BCUT2D eigenvalue weighted by Gasteiger charge is 2.35. The third-order valence-electron chi connectivity index (χ3n) is 5.29. The second-order valence-corrected chi connectivity index (χ2v) is 8.76. The number of methoxy groups -OCH3 is 1. The van der Waals surface area contributed by atoms with Crippen molar-refractivity contribution in [2.45, 2.75) is 39.5 Å². The number of allylic oxidation sites excluding steroid dienone is 1. The number of benzene rings is 2. The van der Waals surface area contributed by atoms with E-state index in [-0.39, 0.29) is 12.7 Å². The predicted octanol–water partition coefficient (Wildman–Crippen LogP) is 5.41. The second kappa shape index (κ2) is 9.95. The molecule has 1 N–H and O–H groups in total. The Bertz CT molecular complexity index is 1240. The molecule has 1 aromatic heterocycles. The highest BCUT2D eigenvalue weighted by molar-refractivity contribution is 6.35. The number of carbonyl (C=O) groups is 1. The number of esters is 1. The van der Waals surface area contributed by atoms with Gasteiger partial charge in [0.15, 0.2) is 11.5 Å². The number of carbonyl (C=O) groups excluding carboxylic acids is 1. The zero-order chi connectivity index (χ0) is 24.4. The Morgan fingerprint density at radius 2 is 1.91 bits per heavy atom. The Hall–Kier alpha value is -3.23. The SMILES string of the molecule is COc1cc(C2C(C(=O)OC(C)C)=C(C)Nc3ncnn32)ccc1OCc1c(Cl)cccc1Cl. The maximum absolute atomic E-state index is 13.0. The van der Waals surface area contributed by atoms with Crippen LogP contribution in [0, 0.1) is 0 Å². The van der Waals surface area contributed by atoms with Gasteiger partial charge >= 0.3 is 5.97 Å². The van der Waals surface area contributed by atoms with Crippen molar-refractivity contribution in [1.82, 2.24) is 14.8 Å². The number of ether oxygens (including phenoxy) is 3. The Morgan fingerprint density at radius 3 is 2.59 bits per heavy atom. The number of hydrogen-bond donors (Lipinski definition) is 1. The van der Waals surface area contributed by atoms with E-state index in [0.29, 0.717) is 44.3 Å². The van der Waals surface area contributed by atoms with E-state index in [4.69, 9.17) is 37.4 Å². The van der Waals surface area contributed by atoms with Crippen molar-refractivity contribution in [3.63, 3.8) is 0 Å². The quantitative estimate of drug-likeness (QED) is 0.431. The highest BCUT2D eigenvalue weighted by Crippen LogP contribution is 2.39. The van der Waals surface area contributed by atoms with Gasteiger partial charge in [-0.05, 0) is 50.6 Å². The number of hydrogen-bond acceptors (Lipinski definition) is 7. The summed E-state index contributed by atoms with van der Waals surface area (Å²) in [5, 5.41) is 8.49. The summed E-state index contributed by atoms with van der Waals surface area (Å²) in [4.78, 5) is 17.3. The van der Waals surface area contributed by atoms with Gasteiger partial charge in [0.1, 0.15) is 19.0 Å². The minimum atomic E-state index is -0.564. The number of rotatable bonds is 7. The molecule has 2 heterocycles. The molecule has 2 aromatic carbocycles. The van der Waals surface area contributed by atoms with E-state index in [0.717, 1.165) is 5.56 Å². The van der Waals surface area contributed by atoms with E-state index in [1.807, 2.05) is 13.0 Å². The fraction of sp³-hybridized carbons (Fsp3) is 0.292. The van der Waals surface area contributed by atoms with Crippen LogP contribution >= 0.6 is 23.2 Å². The topological polar surface area (TPSA) is 87.5 Å². The molecule has 1 aliphatic heterocycles. The van der Waals surface area contributed by atoms with Crippen LogP contribution in [-0.4, -0.2) is 33.9 Å². The molecule has 0 spiro atoms. The average molecular weight is 503 g/mol. The first-order chi connectivity index (χ1) is 16.3. The Morgan fingerprint density at radius 1 is 1.18 bits per heavy atom. The molecule has 1 atom stereocenters. The summed E-state index contributed by atoms with van der Waals surface area (Å²) in [5.74, 6) is 1.08. The lowest BCUT2D eigenvalue weighted by Gasteiger charge is -2.29. The lowest BCUT2D eigenvalue weighted by molar-refractivity contribution is -0.143. The van der Waals surface area contributed by atoms with Crippen LogP contribution in [0.3, 0.4) is 0 Å². The number of nitrogens with one attached hydrogen (secondary N) is 1. The van der Waals surface area contributed by atoms with Crippen LogP contribution in [0.5, 0.6) is 11.5 Å². The molecule has 10 heteroatoms. The predicted molar refractivity (Wildman–Crippen MR) is 129 cm³/mol. The van der Waals surface area contributed by atoms with Crippen molar-refractivity contribution in [3.8, 4) is 11.5 Å². The Labute approximate surface area is 207 Å².